The van der Waals surface area contributed by atoms with Crippen molar-refractivity contribution in [2.75, 3.05) is 0 Å². The van der Waals surface area contributed by atoms with Crippen LogP contribution < -0.4 is 21.5 Å². The predicted octanol–water partition coefficient (Wildman–Crippen LogP) is 2.86. The molecule has 0 N–H and O–H groups in total. The molecule has 2 heterocycles. The van der Waals surface area contributed by atoms with Crippen molar-refractivity contribution < 1.29 is 30.4 Å². The number of halogens is 3. The van der Waals surface area contributed by atoms with Gasteiger partial charge in [-0.05, 0) is 57.7 Å². The Kier molecular flexibility index (Phi) is 6.30. The number of hydrogen-bond acceptors (Lipinski definition) is 2. The number of aromatic nitrogens is 2. The fraction of sp³-hybridized carbons (Fsp3) is 0.182. The molecule has 0 aliphatic rings. The molecule has 4 rings (SSSR count). The maximum atomic E-state index is 14.0. The molecule has 0 radical (unpaired) electrons. The molecule has 3 nitrogen and oxygen atoms in total. The molecule has 0 amide bonds. The molecular weight excluding hydrogens is 487 g/mol. The number of rotatable bonds is 4. The van der Waals surface area contributed by atoms with Gasteiger partial charge in [0.15, 0.2) is 24.5 Å². The first-order chi connectivity index (χ1) is 13.0. The van der Waals surface area contributed by atoms with Crippen molar-refractivity contribution >= 4 is 27.0 Å². The molecule has 28 heavy (non-hydrogen) atoms. The first-order valence-electron chi connectivity index (χ1n) is 8.83. The van der Waals surface area contributed by atoms with Crippen LogP contribution >= 0.6 is 15.9 Å². The maximum Gasteiger partial charge on any atom is 0.233 e. The molecule has 0 atom stereocenters. The highest BCUT2D eigenvalue weighted by atomic mass is 79.9. The van der Waals surface area contributed by atoms with Crippen LogP contribution in [0.25, 0.3) is 22.6 Å². The van der Waals surface area contributed by atoms with E-state index in [-0.39, 0.29) is 22.8 Å². The fourth-order valence-corrected chi connectivity index (χ4v) is 3.57. The minimum absolute atomic E-state index is 0. The van der Waals surface area contributed by atoms with Crippen LogP contribution in [-0.4, -0.2) is 4.98 Å². The van der Waals surface area contributed by atoms with Crippen molar-refractivity contribution in [1.82, 2.24) is 4.98 Å². The molecule has 2 aromatic heterocycles. The van der Waals surface area contributed by atoms with Crippen LogP contribution in [0.1, 0.15) is 30.9 Å². The van der Waals surface area contributed by atoms with Gasteiger partial charge in [-0.15, -0.1) is 0 Å². The lowest BCUT2D eigenvalue weighted by Gasteiger charge is -2.02. The number of pyridine rings is 1. The maximum absolute atomic E-state index is 14.0. The molecule has 0 fully saturated rings. The standard InChI is InChI=1S/C22H19BrFN2O.BrH/c1-14(2)15-7-8-21-20(10-15)25-22(27-21)17-9-18(23)13-26(12-17)11-16-5-3-4-6-19(16)24;/h3-10,12-14H,11H2,1-2H3;1H/q+1;/p-1. The average Bonchev–Trinajstić information content (AvgIpc) is 3.06. The normalized spacial score (nSPS) is 11.0. The van der Waals surface area contributed by atoms with E-state index >= 15 is 0 Å². The van der Waals surface area contributed by atoms with E-state index in [0.717, 1.165) is 21.1 Å². The van der Waals surface area contributed by atoms with Crippen LogP contribution in [0, 0.1) is 5.82 Å². The van der Waals surface area contributed by atoms with E-state index in [1.807, 2.05) is 35.2 Å². The summed E-state index contributed by atoms with van der Waals surface area (Å²) < 4.78 is 22.7. The van der Waals surface area contributed by atoms with Crippen molar-refractivity contribution in [3.63, 3.8) is 0 Å². The lowest BCUT2D eigenvalue weighted by Crippen LogP contribution is -3.00. The Hall–Kier alpha value is -2.05. The molecule has 6 heteroatoms. The molecule has 0 saturated heterocycles. The predicted molar refractivity (Wildman–Crippen MR) is 107 cm³/mol. The van der Waals surface area contributed by atoms with E-state index in [4.69, 9.17) is 4.42 Å². The lowest BCUT2D eigenvalue weighted by molar-refractivity contribution is -0.688. The summed E-state index contributed by atoms with van der Waals surface area (Å²) in [5.74, 6) is 0.771. The van der Waals surface area contributed by atoms with E-state index in [9.17, 15) is 4.39 Å². The van der Waals surface area contributed by atoms with E-state index in [2.05, 4.69) is 46.9 Å². The Morgan fingerprint density at radius 1 is 1.11 bits per heavy atom. The van der Waals surface area contributed by atoms with E-state index in [1.54, 1.807) is 12.1 Å². The molecule has 0 saturated carbocycles. The van der Waals surface area contributed by atoms with E-state index < -0.39 is 0 Å². The van der Waals surface area contributed by atoms with Gasteiger partial charge in [-0.1, -0.05) is 32.0 Å². The number of nitrogens with zero attached hydrogens (tertiary/aromatic N) is 2. The van der Waals surface area contributed by atoms with Crippen LogP contribution in [0.4, 0.5) is 4.39 Å². The van der Waals surface area contributed by atoms with Gasteiger partial charge in [0.05, 0.1) is 10.0 Å². The van der Waals surface area contributed by atoms with Gasteiger partial charge in [-0.2, -0.15) is 4.57 Å². The Balaban J connectivity index is 0.00000225. The van der Waals surface area contributed by atoms with Crippen LogP contribution in [-0.2, 0) is 6.54 Å². The highest BCUT2D eigenvalue weighted by Gasteiger charge is 2.16. The largest absolute Gasteiger partial charge is 1.00 e. The molecule has 4 aromatic rings. The van der Waals surface area contributed by atoms with Gasteiger partial charge in [-0.3, -0.25) is 0 Å². The minimum atomic E-state index is -0.213. The van der Waals surface area contributed by atoms with Crippen molar-refractivity contribution in [3.05, 3.63) is 82.3 Å². The van der Waals surface area contributed by atoms with Gasteiger partial charge >= 0.3 is 0 Å². The lowest BCUT2D eigenvalue weighted by atomic mass is 10.0. The molecule has 0 unspecified atom stereocenters. The van der Waals surface area contributed by atoms with Crippen LogP contribution in [0.15, 0.2) is 69.8 Å². The summed E-state index contributed by atoms with van der Waals surface area (Å²) in [6.07, 6.45) is 3.83. The average molecular weight is 506 g/mol. The summed E-state index contributed by atoms with van der Waals surface area (Å²) in [6.45, 7) is 4.74. The van der Waals surface area contributed by atoms with Gasteiger partial charge in [0.25, 0.3) is 0 Å². The molecule has 144 valence electrons. The summed E-state index contributed by atoms with van der Waals surface area (Å²) in [6, 6.07) is 14.8. The molecule has 0 aliphatic heterocycles. The second-order valence-corrected chi connectivity index (χ2v) is 7.82. The van der Waals surface area contributed by atoms with Gasteiger partial charge in [-0.25, -0.2) is 9.37 Å². The zero-order valence-electron chi connectivity index (χ0n) is 15.5. The third-order valence-corrected chi connectivity index (χ3v) is 4.96. The molecule has 2 aromatic carbocycles. The topological polar surface area (TPSA) is 29.9 Å². The quantitative estimate of drug-likeness (QED) is 0.399. The molecule has 0 bridgehead atoms. The van der Waals surface area contributed by atoms with Crippen molar-refractivity contribution in [3.8, 4) is 11.5 Å². The molecule has 0 aliphatic carbocycles. The third kappa shape index (κ3) is 4.33. The number of benzene rings is 2. The van der Waals surface area contributed by atoms with E-state index in [1.165, 1.54) is 11.6 Å². The number of fused-ring (bicyclic) bond motifs is 1. The van der Waals surface area contributed by atoms with Gasteiger partial charge in [0.2, 0.25) is 5.89 Å². The second-order valence-electron chi connectivity index (χ2n) is 6.91. The van der Waals surface area contributed by atoms with Gasteiger partial charge in [0.1, 0.15) is 16.9 Å². The summed E-state index contributed by atoms with van der Waals surface area (Å²) in [4.78, 5) is 4.66. The Morgan fingerprint density at radius 2 is 1.89 bits per heavy atom. The van der Waals surface area contributed by atoms with Crippen molar-refractivity contribution in [2.45, 2.75) is 26.3 Å². The fourth-order valence-electron chi connectivity index (χ4n) is 3.06. The van der Waals surface area contributed by atoms with Crippen molar-refractivity contribution in [1.29, 1.82) is 0 Å². The van der Waals surface area contributed by atoms with Gasteiger partial charge in [0, 0.05) is 0 Å². The SMILES string of the molecule is CC(C)c1ccc2oc(-c3cc(Br)c[n+](Cc4ccccc4F)c3)nc2c1.[Br-]. The summed E-state index contributed by atoms with van der Waals surface area (Å²) in [5.41, 5.74) is 4.30. The summed E-state index contributed by atoms with van der Waals surface area (Å²) >= 11 is 3.53. The van der Waals surface area contributed by atoms with Crippen molar-refractivity contribution in [2.24, 2.45) is 0 Å². The van der Waals surface area contributed by atoms with Crippen LogP contribution in [0.5, 0.6) is 0 Å². The van der Waals surface area contributed by atoms with Gasteiger partial charge < -0.3 is 21.4 Å². The number of oxazole rings is 1. The highest BCUT2D eigenvalue weighted by Crippen LogP contribution is 2.27. The molecular formula is C22H19Br2FN2O. The minimum Gasteiger partial charge on any atom is -1.00 e. The Labute approximate surface area is 182 Å². The van der Waals surface area contributed by atoms with Crippen LogP contribution in [0.2, 0.25) is 0 Å². The summed E-state index contributed by atoms with van der Waals surface area (Å²) in [7, 11) is 0. The second kappa shape index (κ2) is 8.53. The number of hydrogen-bond donors (Lipinski definition) is 0. The third-order valence-electron chi connectivity index (χ3n) is 4.52. The highest BCUT2D eigenvalue weighted by molar-refractivity contribution is 9.10. The Morgan fingerprint density at radius 3 is 2.64 bits per heavy atom. The monoisotopic (exact) mass is 504 g/mol. The zero-order valence-corrected chi connectivity index (χ0v) is 18.7. The first-order valence-corrected chi connectivity index (χ1v) is 9.63. The Bertz CT molecular complexity index is 1120. The summed E-state index contributed by atoms with van der Waals surface area (Å²) in [5, 5.41) is 0. The smallest absolute Gasteiger partial charge is 0.233 e. The zero-order chi connectivity index (χ0) is 19.0. The van der Waals surface area contributed by atoms with Crippen LogP contribution in [0.3, 0.4) is 0 Å². The molecule has 0 spiro atoms. The first kappa shape index (κ1) is 20.7. The van der Waals surface area contributed by atoms with E-state index in [0.29, 0.717) is 23.9 Å².